The molecular weight excluding hydrogens is 452 g/mol. The molecule has 1 aliphatic heterocycles. The van der Waals surface area contributed by atoms with E-state index in [1.54, 1.807) is 13.0 Å². The van der Waals surface area contributed by atoms with Crippen molar-refractivity contribution < 1.29 is 37.9 Å². The molecular formula is C21H18N4O9. The van der Waals surface area contributed by atoms with Crippen molar-refractivity contribution in [3.8, 4) is 17.6 Å². The number of imide groups is 1. The number of benzene rings is 1. The Morgan fingerprint density at radius 2 is 2.09 bits per heavy atom. The number of urea groups is 1. The molecule has 13 nitrogen and oxygen atoms in total. The first kappa shape index (κ1) is 23.8. The average Bonchev–Trinajstić information content (AvgIpc) is 3.38. The Balaban J connectivity index is 1.90. The number of rotatable bonds is 9. The highest BCUT2D eigenvalue weighted by atomic mass is 16.6. The van der Waals surface area contributed by atoms with Crippen LogP contribution in [0.4, 0.5) is 10.5 Å². The summed E-state index contributed by atoms with van der Waals surface area (Å²) in [6.07, 6.45) is 1.24. The lowest BCUT2D eigenvalue weighted by Gasteiger charge is -2.11. The van der Waals surface area contributed by atoms with E-state index in [1.807, 2.05) is 0 Å². The number of nitrogens with one attached hydrogen (secondary N) is 1. The van der Waals surface area contributed by atoms with E-state index in [9.17, 15) is 24.5 Å². The lowest BCUT2D eigenvalue weighted by atomic mass is 10.1. The summed E-state index contributed by atoms with van der Waals surface area (Å²) in [4.78, 5) is 48.3. The van der Waals surface area contributed by atoms with Gasteiger partial charge in [0.25, 0.3) is 5.91 Å². The van der Waals surface area contributed by atoms with Crippen LogP contribution >= 0.6 is 0 Å². The van der Waals surface area contributed by atoms with Crippen molar-refractivity contribution in [3.05, 3.63) is 57.2 Å². The van der Waals surface area contributed by atoms with E-state index >= 15 is 0 Å². The lowest BCUT2D eigenvalue weighted by Crippen LogP contribution is -2.30. The van der Waals surface area contributed by atoms with Crippen LogP contribution in [0.15, 0.2) is 34.4 Å². The topological polar surface area (TPSA) is 174 Å². The van der Waals surface area contributed by atoms with Crippen LogP contribution in [0.3, 0.4) is 0 Å². The molecule has 1 aliphatic rings. The molecule has 13 heteroatoms. The summed E-state index contributed by atoms with van der Waals surface area (Å²) < 4.78 is 20.4. The van der Waals surface area contributed by atoms with Gasteiger partial charge in [-0.3, -0.25) is 19.8 Å². The van der Waals surface area contributed by atoms with Gasteiger partial charge in [-0.1, -0.05) is 0 Å². The van der Waals surface area contributed by atoms with Gasteiger partial charge in [-0.15, -0.1) is 0 Å². The zero-order valence-electron chi connectivity index (χ0n) is 18.0. The number of carbonyl (C=O) groups is 3. The van der Waals surface area contributed by atoms with Gasteiger partial charge in [-0.05, 0) is 36.8 Å². The maximum Gasteiger partial charge on any atom is 0.373 e. The van der Waals surface area contributed by atoms with Gasteiger partial charge in [-0.2, -0.15) is 5.26 Å². The summed E-state index contributed by atoms with van der Waals surface area (Å²) in [5.74, 6) is -1.57. The fourth-order valence-electron chi connectivity index (χ4n) is 3.05. The van der Waals surface area contributed by atoms with Crippen LogP contribution in [0, 0.1) is 21.4 Å². The third-order valence-corrected chi connectivity index (χ3v) is 4.47. The second-order valence-electron chi connectivity index (χ2n) is 6.64. The Morgan fingerprint density at radius 1 is 1.32 bits per heavy atom. The molecule has 0 bridgehead atoms. The number of nitrogens with zero attached hydrogens (tertiary/aromatic N) is 3. The number of carbonyl (C=O) groups excluding carboxylic acids is 3. The Bertz CT molecular complexity index is 1230. The molecule has 1 N–H and O–H groups in total. The molecule has 1 aromatic carbocycles. The molecule has 176 valence electrons. The summed E-state index contributed by atoms with van der Waals surface area (Å²) >= 11 is 0. The molecule has 2 aromatic rings. The molecule has 3 rings (SSSR count). The third-order valence-electron chi connectivity index (χ3n) is 4.47. The monoisotopic (exact) mass is 470 g/mol. The number of furan rings is 1. The average molecular weight is 470 g/mol. The standard InChI is InChI=1S/C21H18N4O9/c1-3-32-17-10-12(9-15(25(29)30)18(17)33-7-6-22)8-14-19(26)24(21(28)23-14)11-13-4-5-16(34-13)20(27)31-2/h4-5,8-10H,3,7,11H2,1-2H3,(H,23,28)/b14-8-. The van der Waals surface area contributed by atoms with Gasteiger partial charge in [0.2, 0.25) is 11.5 Å². The fourth-order valence-corrected chi connectivity index (χ4v) is 3.05. The van der Waals surface area contributed by atoms with E-state index in [0.29, 0.717) is 0 Å². The van der Waals surface area contributed by atoms with Gasteiger partial charge >= 0.3 is 17.7 Å². The molecule has 0 saturated carbocycles. The fraction of sp³-hybridized carbons (Fsp3) is 0.238. The molecule has 1 saturated heterocycles. The van der Waals surface area contributed by atoms with E-state index in [0.717, 1.165) is 11.0 Å². The van der Waals surface area contributed by atoms with Gasteiger partial charge in [-0.25, -0.2) is 9.59 Å². The maximum absolute atomic E-state index is 12.8. The first-order valence-electron chi connectivity index (χ1n) is 9.75. The second-order valence-corrected chi connectivity index (χ2v) is 6.64. The number of nitro benzene ring substituents is 1. The summed E-state index contributed by atoms with van der Waals surface area (Å²) in [7, 11) is 1.18. The smallest absolute Gasteiger partial charge is 0.373 e. The molecule has 34 heavy (non-hydrogen) atoms. The lowest BCUT2D eigenvalue weighted by molar-refractivity contribution is -0.385. The Morgan fingerprint density at radius 3 is 2.74 bits per heavy atom. The molecule has 0 spiro atoms. The van der Waals surface area contributed by atoms with Crippen molar-refractivity contribution in [3.63, 3.8) is 0 Å². The largest absolute Gasteiger partial charge is 0.490 e. The number of nitro groups is 1. The summed E-state index contributed by atoms with van der Waals surface area (Å²) in [5.41, 5.74) is -0.448. The summed E-state index contributed by atoms with van der Waals surface area (Å²) in [5, 5.41) is 22.7. The SMILES string of the molecule is CCOc1cc(/C=C2\NC(=O)N(Cc3ccc(C(=O)OC)o3)C2=O)cc([N+](=O)[O-])c1OCC#N. The van der Waals surface area contributed by atoms with Gasteiger partial charge in [0.05, 0.1) is 25.2 Å². The van der Waals surface area contributed by atoms with E-state index in [1.165, 1.54) is 31.4 Å². The Kier molecular flexibility index (Phi) is 7.12. The van der Waals surface area contributed by atoms with E-state index in [2.05, 4.69) is 10.1 Å². The van der Waals surface area contributed by atoms with Crippen LogP contribution < -0.4 is 14.8 Å². The van der Waals surface area contributed by atoms with Crippen molar-refractivity contribution in [1.82, 2.24) is 10.2 Å². The minimum absolute atomic E-state index is 0.00152. The molecule has 3 amide bonds. The zero-order chi connectivity index (χ0) is 24.8. The molecule has 2 heterocycles. The van der Waals surface area contributed by atoms with Gasteiger partial charge in [0, 0.05) is 6.07 Å². The maximum atomic E-state index is 12.8. The van der Waals surface area contributed by atoms with Crippen molar-refractivity contribution >= 4 is 29.7 Å². The van der Waals surface area contributed by atoms with Crippen molar-refractivity contribution in [2.75, 3.05) is 20.3 Å². The van der Waals surface area contributed by atoms with Crippen molar-refractivity contribution in [2.45, 2.75) is 13.5 Å². The number of methoxy groups -OCH3 is 1. The van der Waals surface area contributed by atoms with Gasteiger partial charge in [0.1, 0.15) is 17.5 Å². The predicted molar refractivity (Wildman–Crippen MR) is 112 cm³/mol. The summed E-state index contributed by atoms with van der Waals surface area (Å²) in [6.45, 7) is 1.11. The highest BCUT2D eigenvalue weighted by Crippen LogP contribution is 2.39. The minimum Gasteiger partial charge on any atom is -0.490 e. The Hall–Kier alpha value is -4.86. The Labute approximate surface area is 192 Å². The van der Waals surface area contributed by atoms with E-state index < -0.39 is 35.1 Å². The van der Waals surface area contributed by atoms with Crippen LogP contribution in [0.1, 0.15) is 28.8 Å². The normalized spacial score (nSPS) is 14.0. The van der Waals surface area contributed by atoms with Crippen molar-refractivity contribution in [1.29, 1.82) is 5.26 Å². The first-order chi connectivity index (χ1) is 16.3. The van der Waals surface area contributed by atoms with Crippen LogP contribution in [-0.2, 0) is 16.1 Å². The van der Waals surface area contributed by atoms with Crippen LogP contribution in [0.25, 0.3) is 6.08 Å². The summed E-state index contributed by atoms with van der Waals surface area (Å²) in [6, 6.07) is 6.26. The van der Waals surface area contributed by atoms with Gasteiger partial charge in [0.15, 0.2) is 12.4 Å². The third kappa shape index (κ3) is 4.96. The second kappa shape index (κ2) is 10.2. The van der Waals surface area contributed by atoms with Gasteiger partial charge < -0.3 is 23.9 Å². The molecule has 1 aromatic heterocycles. The van der Waals surface area contributed by atoms with Crippen LogP contribution in [0.2, 0.25) is 0 Å². The number of nitriles is 1. The molecule has 0 radical (unpaired) electrons. The highest BCUT2D eigenvalue weighted by molar-refractivity contribution is 6.13. The molecule has 0 unspecified atom stereocenters. The molecule has 0 atom stereocenters. The first-order valence-corrected chi connectivity index (χ1v) is 9.75. The molecule has 0 aliphatic carbocycles. The zero-order valence-corrected chi connectivity index (χ0v) is 18.0. The van der Waals surface area contributed by atoms with E-state index in [4.69, 9.17) is 19.2 Å². The number of hydrogen-bond donors (Lipinski definition) is 1. The molecule has 1 fully saturated rings. The number of esters is 1. The predicted octanol–water partition coefficient (Wildman–Crippen LogP) is 2.37. The quantitative estimate of drug-likeness (QED) is 0.188. The number of ether oxygens (including phenoxy) is 3. The van der Waals surface area contributed by atoms with Crippen LogP contribution in [0.5, 0.6) is 11.5 Å². The van der Waals surface area contributed by atoms with E-state index in [-0.39, 0.29) is 47.4 Å². The highest BCUT2D eigenvalue weighted by Gasteiger charge is 2.35. The number of amides is 3. The minimum atomic E-state index is -0.749. The van der Waals surface area contributed by atoms with Crippen LogP contribution in [-0.4, -0.2) is 48.1 Å². The van der Waals surface area contributed by atoms with Crippen molar-refractivity contribution in [2.24, 2.45) is 0 Å². The number of hydrogen-bond acceptors (Lipinski definition) is 10.